The molecule has 0 N–H and O–H groups in total. The van der Waals surface area contributed by atoms with E-state index >= 15 is 0 Å². The van der Waals surface area contributed by atoms with Crippen LogP contribution in [0, 0.1) is 0 Å². The average molecular weight is 921 g/mol. The van der Waals surface area contributed by atoms with E-state index in [2.05, 4.69) is 301 Å². The first kappa shape index (κ1) is 42.1. The zero-order chi connectivity index (χ0) is 47.1. The average Bonchev–Trinajstić information content (AvgIpc) is 3.79. The highest BCUT2D eigenvalue weighted by molar-refractivity contribution is 7.19. The highest BCUT2D eigenvalue weighted by Crippen LogP contribution is 2.41. The topological polar surface area (TPSA) is 8.17 Å². The third-order valence-corrected chi connectivity index (χ3v) is 19.3. The number of para-hydroxylation sites is 1. The monoisotopic (exact) mass is 920 g/mol. The Morgan fingerprint density at radius 1 is 0.282 bits per heavy atom. The van der Waals surface area contributed by atoms with Crippen LogP contribution >= 0.6 is 0 Å². The molecule has 3 heteroatoms. The maximum atomic E-state index is 2.42. The van der Waals surface area contributed by atoms with Gasteiger partial charge in [0.15, 0.2) is 8.07 Å². The molecule has 0 bridgehead atoms. The Labute approximate surface area is 415 Å². The summed E-state index contributed by atoms with van der Waals surface area (Å²) in [6.07, 6.45) is 0. The number of rotatable bonds is 10. The fraction of sp³-hybridized carbons (Fsp3) is 0. The van der Waals surface area contributed by atoms with Crippen molar-refractivity contribution in [3.63, 3.8) is 0 Å². The first-order valence-electron chi connectivity index (χ1n) is 24.5. The van der Waals surface area contributed by atoms with Crippen molar-refractivity contribution >= 4 is 89.2 Å². The van der Waals surface area contributed by atoms with Crippen molar-refractivity contribution in [3.05, 3.63) is 291 Å². The smallest absolute Gasteiger partial charge is 0.179 e. The Bertz CT molecular complexity index is 3910. The van der Waals surface area contributed by atoms with Crippen LogP contribution in [0.4, 0.5) is 17.1 Å². The zero-order valence-electron chi connectivity index (χ0n) is 39.1. The van der Waals surface area contributed by atoms with Gasteiger partial charge >= 0.3 is 0 Å². The van der Waals surface area contributed by atoms with Crippen LogP contribution in [0.3, 0.4) is 0 Å². The summed E-state index contributed by atoms with van der Waals surface area (Å²) in [5.41, 5.74) is 11.6. The molecule has 0 aliphatic heterocycles. The standard InChI is InChI=1S/C68H48N2Si/c1-4-22-58(23-5-1)71(59-24-6-2-7-25-59,60-26-8-3-9-27-60)61-46-44-56(45-47-61)69(54-39-35-51(36-40-54)63-30-16-21-50-19-12-13-28-62(50)63)55-41-37-52(38-42-55)64-31-17-33-67-68(64)65-29-14-15-32-66(65)70(67)57-43-34-49-18-10-11-20-53(49)48-57/h1-48H. The van der Waals surface area contributed by atoms with Gasteiger partial charge in [0.25, 0.3) is 0 Å². The number of hydrogen-bond acceptors (Lipinski definition) is 1. The molecule has 0 unspecified atom stereocenters. The minimum absolute atomic E-state index is 1.09. The maximum absolute atomic E-state index is 2.72. The Kier molecular flexibility index (Phi) is 10.6. The van der Waals surface area contributed by atoms with Gasteiger partial charge in [-0.15, -0.1) is 0 Å². The van der Waals surface area contributed by atoms with E-state index in [0.717, 1.165) is 22.7 Å². The molecule has 0 atom stereocenters. The summed E-state index contributed by atoms with van der Waals surface area (Å²) >= 11 is 0. The Balaban J connectivity index is 0.948. The molecule has 334 valence electrons. The van der Waals surface area contributed by atoms with E-state index < -0.39 is 8.07 Å². The second-order valence-electron chi connectivity index (χ2n) is 18.4. The van der Waals surface area contributed by atoms with Crippen LogP contribution < -0.4 is 25.6 Å². The lowest BCUT2D eigenvalue weighted by Gasteiger charge is -2.35. The molecule has 0 saturated heterocycles. The largest absolute Gasteiger partial charge is 0.311 e. The molecule has 0 fully saturated rings. The molecule has 1 aromatic heterocycles. The summed E-state index contributed by atoms with van der Waals surface area (Å²) in [4.78, 5) is 2.41. The summed E-state index contributed by atoms with van der Waals surface area (Å²) in [5.74, 6) is 0. The van der Waals surface area contributed by atoms with E-state index in [4.69, 9.17) is 0 Å². The number of anilines is 3. The van der Waals surface area contributed by atoms with Crippen LogP contribution in [-0.4, -0.2) is 12.6 Å². The summed E-state index contributed by atoms with van der Waals surface area (Å²) < 4.78 is 2.42. The second-order valence-corrected chi connectivity index (χ2v) is 22.2. The predicted molar refractivity (Wildman–Crippen MR) is 305 cm³/mol. The van der Waals surface area contributed by atoms with Crippen molar-refractivity contribution in [2.75, 3.05) is 4.90 Å². The van der Waals surface area contributed by atoms with Gasteiger partial charge < -0.3 is 9.47 Å². The van der Waals surface area contributed by atoms with Crippen LogP contribution in [0.1, 0.15) is 0 Å². The fourth-order valence-electron chi connectivity index (χ4n) is 11.3. The highest BCUT2D eigenvalue weighted by Gasteiger charge is 2.41. The molecular formula is C68H48N2Si. The van der Waals surface area contributed by atoms with Crippen LogP contribution in [0.2, 0.25) is 0 Å². The van der Waals surface area contributed by atoms with Crippen molar-refractivity contribution in [1.29, 1.82) is 0 Å². The summed E-state index contributed by atoms with van der Waals surface area (Å²) in [7, 11) is -2.72. The lowest BCUT2D eigenvalue weighted by Crippen LogP contribution is -2.74. The number of aromatic nitrogens is 1. The first-order valence-corrected chi connectivity index (χ1v) is 26.5. The SMILES string of the molecule is c1ccc([Si](c2ccccc2)(c2ccccc2)c2ccc(N(c3ccc(-c4cccc5ccccc45)cc3)c3ccc(-c4cccc5c4c4ccccc4n5-c4ccc5ccccc5c4)cc3)cc2)cc1. The summed E-state index contributed by atoms with van der Waals surface area (Å²) in [5, 5.41) is 12.9. The van der Waals surface area contributed by atoms with E-state index in [-0.39, 0.29) is 0 Å². The quantitative estimate of drug-likeness (QED) is 0.0980. The molecule has 71 heavy (non-hydrogen) atoms. The van der Waals surface area contributed by atoms with Crippen LogP contribution in [-0.2, 0) is 0 Å². The first-order chi connectivity index (χ1) is 35.2. The molecule has 0 aliphatic carbocycles. The minimum Gasteiger partial charge on any atom is -0.311 e. The van der Waals surface area contributed by atoms with Gasteiger partial charge in [0.1, 0.15) is 0 Å². The molecule has 0 saturated carbocycles. The number of nitrogens with zero attached hydrogens (tertiary/aromatic N) is 2. The van der Waals surface area contributed by atoms with Crippen molar-refractivity contribution in [3.8, 4) is 27.9 Å². The highest BCUT2D eigenvalue weighted by atomic mass is 28.3. The second kappa shape index (κ2) is 17.8. The van der Waals surface area contributed by atoms with Gasteiger partial charge in [-0.25, -0.2) is 0 Å². The van der Waals surface area contributed by atoms with Gasteiger partial charge in [0, 0.05) is 33.5 Å². The Morgan fingerprint density at radius 2 is 0.718 bits per heavy atom. The van der Waals surface area contributed by atoms with Gasteiger partial charge in [-0.05, 0) is 125 Å². The molecule has 0 amide bonds. The molecule has 2 nitrogen and oxygen atoms in total. The van der Waals surface area contributed by atoms with E-state index in [1.807, 2.05) is 0 Å². The molecule has 12 aromatic carbocycles. The number of hydrogen-bond donors (Lipinski definition) is 0. The molecule has 13 aromatic rings. The van der Waals surface area contributed by atoms with Gasteiger partial charge in [0.05, 0.1) is 11.0 Å². The Morgan fingerprint density at radius 3 is 1.34 bits per heavy atom. The van der Waals surface area contributed by atoms with E-state index in [9.17, 15) is 0 Å². The van der Waals surface area contributed by atoms with Gasteiger partial charge in [-0.1, -0.05) is 231 Å². The number of benzene rings is 12. The van der Waals surface area contributed by atoms with Gasteiger partial charge in [-0.2, -0.15) is 0 Å². The molecule has 13 rings (SSSR count). The van der Waals surface area contributed by atoms with E-state index in [1.54, 1.807) is 0 Å². The third kappa shape index (κ3) is 7.26. The van der Waals surface area contributed by atoms with Gasteiger partial charge in [0.2, 0.25) is 0 Å². The summed E-state index contributed by atoms with van der Waals surface area (Å²) in [6.45, 7) is 0. The van der Waals surface area contributed by atoms with Gasteiger partial charge in [-0.3, -0.25) is 0 Å². The molecule has 0 radical (unpaired) electrons. The lowest BCUT2D eigenvalue weighted by molar-refractivity contribution is 1.19. The van der Waals surface area contributed by atoms with Crippen molar-refractivity contribution in [1.82, 2.24) is 4.57 Å². The zero-order valence-corrected chi connectivity index (χ0v) is 40.1. The van der Waals surface area contributed by atoms with E-state index in [1.165, 1.54) is 86.4 Å². The molecular weight excluding hydrogens is 873 g/mol. The van der Waals surface area contributed by atoms with E-state index in [0.29, 0.717) is 0 Å². The fourth-order valence-corrected chi connectivity index (χ4v) is 16.0. The van der Waals surface area contributed by atoms with Crippen LogP contribution in [0.15, 0.2) is 291 Å². The third-order valence-electron chi connectivity index (χ3n) is 14.5. The number of fused-ring (bicyclic) bond motifs is 5. The predicted octanol–water partition coefficient (Wildman–Crippen LogP) is 15.3. The molecule has 0 aliphatic rings. The summed E-state index contributed by atoms with van der Waals surface area (Å²) in [6, 6.07) is 107. The van der Waals surface area contributed by atoms with Crippen molar-refractivity contribution < 1.29 is 0 Å². The molecule has 1 heterocycles. The van der Waals surface area contributed by atoms with Crippen LogP contribution in [0.25, 0.3) is 71.3 Å². The normalized spacial score (nSPS) is 11.7. The van der Waals surface area contributed by atoms with Crippen molar-refractivity contribution in [2.24, 2.45) is 0 Å². The lowest BCUT2D eigenvalue weighted by atomic mass is 9.98. The Hall–Kier alpha value is -9.02. The maximum Gasteiger partial charge on any atom is 0.179 e. The minimum atomic E-state index is -2.72. The van der Waals surface area contributed by atoms with Crippen LogP contribution in [0.5, 0.6) is 0 Å². The van der Waals surface area contributed by atoms with Crippen molar-refractivity contribution in [2.45, 2.75) is 0 Å². The molecule has 0 spiro atoms.